The zero-order chi connectivity index (χ0) is 28.0. The zero-order valence-corrected chi connectivity index (χ0v) is 23.4. The number of carbonyl (C=O) groups is 1. The van der Waals surface area contributed by atoms with Crippen molar-refractivity contribution in [1.82, 2.24) is 9.66 Å². The lowest BCUT2D eigenvalue weighted by molar-refractivity contribution is -0.385. The zero-order valence-electron chi connectivity index (χ0n) is 21.8. The van der Waals surface area contributed by atoms with Crippen molar-refractivity contribution < 1.29 is 23.9 Å². The number of hydrogen-bond donors (Lipinski definition) is 0. The molecule has 0 fully saturated rings. The number of fused-ring (bicyclic) bond motifs is 1. The van der Waals surface area contributed by atoms with Gasteiger partial charge in [0.15, 0.2) is 12.4 Å². The van der Waals surface area contributed by atoms with Gasteiger partial charge in [-0.3, -0.25) is 14.9 Å². The standard InChI is InChI=1S/C26H29BrN4O7/c1-6-16(5)25-29-20-9-8-18(27)12-19(20)26(33)30(25)28-13-17-10-21(31(34)35)24(22(11-17)36-7-2)37-14-23(32)38-15(3)4/h8-13,15-16H,6-7,14H2,1-5H3/t16-/m1/s1. The molecular weight excluding hydrogens is 560 g/mol. The van der Waals surface area contributed by atoms with Gasteiger partial charge in [0.1, 0.15) is 5.82 Å². The molecule has 0 unspecified atom stereocenters. The highest BCUT2D eigenvalue weighted by Crippen LogP contribution is 2.38. The molecule has 0 amide bonds. The van der Waals surface area contributed by atoms with Crippen LogP contribution in [0.25, 0.3) is 10.9 Å². The maximum absolute atomic E-state index is 13.4. The molecule has 38 heavy (non-hydrogen) atoms. The van der Waals surface area contributed by atoms with E-state index in [2.05, 4.69) is 26.0 Å². The van der Waals surface area contributed by atoms with E-state index < -0.39 is 23.2 Å². The molecule has 0 bridgehead atoms. The third kappa shape index (κ3) is 6.74. The van der Waals surface area contributed by atoms with Gasteiger partial charge in [-0.25, -0.2) is 9.78 Å². The molecular formula is C26H29BrN4O7. The Labute approximate surface area is 227 Å². The maximum Gasteiger partial charge on any atom is 0.344 e. The molecule has 202 valence electrons. The van der Waals surface area contributed by atoms with Gasteiger partial charge >= 0.3 is 11.7 Å². The predicted octanol–water partition coefficient (Wildman–Crippen LogP) is 5.19. The lowest BCUT2D eigenvalue weighted by atomic mass is 10.1. The van der Waals surface area contributed by atoms with Crippen LogP contribution in [0.1, 0.15) is 58.3 Å². The van der Waals surface area contributed by atoms with Gasteiger partial charge in [-0.05, 0) is 51.5 Å². The van der Waals surface area contributed by atoms with E-state index in [0.717, 1.165) is 10.9 Å². The van der Waals surface area contributed by atoms with Crippen LogP contribution in [0.3, 0.4) is 0 Å². The Morgan fingerprint density at radius 3 is 2.58 bits per heavy atom. The number of nitro benzene ring substituents is 1. The van der Waals surface area contributed by atoms with E-state index in [0.29, 0.717) is 16.7 Å². The van der Waals surface area contributed by atoms with E-state index in [4.69, 9.17) is 14.2 Å². The average Bonchev–Trinajstić information content (AvgIpc) is 2.86. The highest BCUT2D eigenvalue weighted by Gasteiger charge is 2.24. The summed E-state index contributed by atoms with van der Waals surface area (Å²) >= 11 is 3.38. The Morgan fingerprint density at radius 1 is 1.21 bits per heavy atom. The molecule has 0 N–H and O–H groups in total. The minimum atomic E-state index is -0.672. The second-order valence-electron chi connectivity index (χ2n) is 8.69. The average molecular weight is 589 g/mol. The number of hydrogen-bond acceptors (Lipinski definition) is 9. The number of nitrogens with zero attached hydrogens (tertiary/aromatic N) is 4. The first-order valence-corrected chi connectivity index (χ1v) is 12.9. The summed E-state index contributed by atoms with van der Waals surface area (Å²) in [5.74, 6) is -0.441. The van der Waals surface area contributed by atoms with Gasteiger partial charge in [0.2, 0.25) is 5.75 Å². The molecule has 3 aromatic rings. The summed E-state index contributed by atoms with van der Waals surface area (Å²) in [5, 5.41) is 16.6. The molecule has 0 radical (unpaired) electrons. The molecule has 1 heterocycles. The van der Waals surface area contributed by atoms with Gasteiger partial charge in [-0.15, -0.1) is 0 Å². The van der Waals surface area contributed by atoms with Crippen molar-refractivity contribution in [2.75, 3.05) is 13.2 Å². The first-order valence-electron chi connectivity index (χ1n) is 12.1. The maximum atomic E-state index is 13.4. The predicted molar refractivity (Wildman–Crippen MR) is 146 cm³/mol. The molecule has 12 heteroatoms. The van der Waals surface area contributed by atoms with Crippen LogP contribution in [0.2, 0.25) is 0 Å². The first kappa shape index (κ1) is 28.8. The molecule has 0 spiro atoms. The molecule has 0 aliphatic rings. The third-order valence-electron chi connectivity index (χ3n) is 5.46. The largest absolute Gasteiger partial charge is 0.490 e. The van der Waals surface area contributed by atoms with Crippen LogP contribution < -0.4 is 15.0 Å². The number of esters is 1. The Morgan fingerprint density at radius 2 is 1.95 bits per heavy atom. The van der Waals surface area contributed by atoms with Gasteiger partial charge in [0.05, 0.1) is 34.8 Å². The summed E-state index contributed by atoms with van der Waals surface area (Å²) in [7, 11) is 0. The molecule has 1 atom stereocenters. The van der Waals surface area contributed by atoms with E-state index in [1.54, 1.807) is 32.9 Å². The quantitative estimate of drug-likeness (QED) is 0.129. The fraction of sp³-hybridized carbons (Fsp3) is 0.385. The van der Waals surface area contributed by atoms with E-state index in [9.17, 15) is 19.7 Å². The second kappa shape index (κ2) is 12.6. The van der Waals surface area contributed by atoms with Crippen molar-refractivity contribution in [1.29, 1.82) is 0 Å². The molecule has 2 aromatic carbocycles. The molecule has 0 saturated heterocycles. The van der Waals surface area contributed by atoms with Crippen molar-refractivity contribution in [3.63, 3.8) is 0 Å². The van der Waals surface area contributed by atoms with E-state index in [1.807, 2.05) is 19.9 Å². The Balaban J connectivity index is 2.10. The Hall–Kier alpha value is -3.80. The molecule has 1 aromatic heterocycles. The summed E-state index contributed by atoms with van der Waals surface area (Å²) in [6, 6.07) is 7.96. The van der Waals surface area contributed by atoms with Crippen LogP contribution in [0.5, 0.6) is 11.5 Å². The minimum Gasteiger partial charge on any atom is -0.490 e. The lowest BCUT2D eigenvalue weighted by Gasteiger charge is -2.15. The lowest BCUT2D eigenvalue weighted by Crippen LogP contribution is -2.23. The SMILES string of the molecule is CCOc1cc(C=Nn2c([C@H](C)CC)nc3ccc(Br)cc3c2=O)cc([N+](=O)[O-])c1OCC(=O)OC(C)C. The van der Waals surface area contributed by atoms with Crippen molar-refractivity contribution in [3.05, 3.63) is 66.7 Å². The van der Waals surface area contributed by atoms with E-state index >= 15 is 0 Å². The van der Waals surface area contributed by atoms with Crippen LogP contribution in [-0.2, 0) is 9.53 Å². The number of nitro groups is 1. The smallest absolute Gasteiger partial charge is 0.344 e. The fourth-order valence-electron chi connectivity index (χ4n) is 3.56. The van der Waals surface area contributed by atoms with E-state index in [1.165, 1.54) is 23.0 Å². The van der Waals surface area contributed by atoms with Crippen LogP contribution in [-0.4, -0.2) is 46.1 Å². The number of benzene rings is 2. The van der Waals surface area contributed by atoms with Crippen LogP contribution in [0.15, 0.2) is 44.7 Å². The number of rotatable bonds is 11. The molecule has 0 aliphatic heterocycles. The van der Waals surface area contributed by atoms with Gasteiger partial charge < -0.3 is 14.2 Å². The molecule has 11 nitrogen and oxygen atoms in total. The van der Waals surface area contributed by atoms with Crippen molar-refractivity contribution in [2.45, 2.75) is 53.1 Å². The van der Waals surface area contributed by atoms with Gasteiger partial charge in [-0.2, -0.15) is 9.78 Å². The second-order valence-corrected chi connectivity index (χ2v) is 9.60. The first-order chi connectivity index (χ1) is 18.0. The van der Waals surface area contributed by atoms with Crippen LogP contribution in [0, 0.1) is 10.1 Å². The summed E-state index contributed by atoms with van der Waals surface area (Å²) in [5.41, 5.74) is 0.0381. The van der Waals surface area contributed by atoms with Crippen LogP contribution in [0.4, 0.5) is 5.69 Å². The Bertz CT molecular complexity index is 1440. The molecule has 0 saturated carbocycles. The number of aromatic nitrogens is 2. The summed E-state index contributed by atoms with van der Waals surface area (Å²) in [4.78, 5) is 41.2. The fourth-order valence-corrected chi connectivity index (χ4v) is 3.92. The van der Waals surface area contributed by atoms with E-state index in [-0.39, 0.29) is 41.3 Å². The number of carbonyl (C=O) groups excluding carboxylic acids is 1. The highest BCUT2D eigenvalue weighted by atomic mass is 79.9. The molecule has 0 aliphatic carbocycles. The molecule has 3 rings (SSSR count). The Kier molecular flexibility index (Phi) is 9.56. The monoisotopic (exact) mass is 588 g/mol. The normalized spacial score (nSPS) is 12.2. The van der Waals surface area contributed by atoms with Gasteiger partial charge in [0, 0.05) is 22.0 Å². The topological polar surface area (TPSA) is 135 Å². The van der Waals surface area contributed by atoms with Gasteiger partial charge in [0.25, 0.3) is 5.56 Å². The van der Waals surface area contributed by atoms with Crippen molar-refractivity contribution >= 4 is 44.7 Å². The summed E-state index contributed by atoms with van der Waals surface area (Å²) < 4.78 is 18.0. The number of ether oxygens (including phenoxy) is 3. The van der Waals surface area contributed by atoms with Gasteiger partial charge in [-0.1, -0.05) is 29.8 Å². The summed E-state index contributed by atoms with van der Waals surface area (Å²) in [6.45, 7) is 8.64. The summed E-state index contributed by atoms with van der Waals surface area (Å²) in [6.07, 6.45) is 1.68. The van der Waals surface area contributed by atoms with Crippen molar-refractivity contribution in [2.24, 2.45) is 5.10 Å². The highest BCUT2D eigenvalue weighted by molar-refractivity contribution is 9.10. The number of halogens is 1. The third-order valence-corrected chi connectivity index (χ3v) is 5.96. The van der Waals surface area contributed by atoms with Crippen molar-refractivity contribution in [3.8, 4) is 11.5 Å². The minimum absolute atomic E-state index is 0.0514. The van der Waals surface area contributed by atoms with Crippen LogP contribution >= 0.6 is 15.9 Å².